The fourth-order valence-electron chi connectivity index (χ4n) is 3.11. The molecular weight excluding hydrogens is 304 g/mol. The van der Waals surface area contributed by atoms with E-state index in [1.165, 1.54) is 70.6 Å². The fraction of sp³-hybridized carbons (Fsp3) is 0.650. The molecule has 0 amide bonds. The highest BCUT2D eigenvalue weighted by atomic mass is 35.5. The maximum Gasteiger partial charge on any atom is 0.107 e. The quantitative estimate of drug-likeness (QED) is 0.413. The minimum atomic E-state index is 0.766. The smallest absolute Gasteiger partial charge is 0.107 e. The third kappa shape index (κ3) is 6.95. The first-order valence-corrected chi connectivity index (χ1v) is 9.81. The predicted molar refractivity (Wildman–Crippen MR) is 101 cm³/mol. The minimum absolute atomic E-state index is 0.766. The van der Waals surface area contributed by atoms with Crippen LogP contribution in [0.2, 0.25) is 5.02 Å². The van der Waals surface area contributed by atoms with E-state index >= 15 is 0 Å². The standard InChI is InChI=1S/C20H31ClN2/c1-2-3-4-5-6-7-8-9-10-11-12-13-20-22-18-15-14-17(21)16-19(18)23-20/h14-16H,2-13H2,1H3,(H,22,23). The average Bonchev–Trinajstić information content (AvgIpc) is 2.94. The Bertz CT molecular complexity index is 562. The molecule has 2 nitrogen and oxygen atoms in total. The van der Waals surface area contributed by atoms with Crippen LogP contribution in [0.4, 0.5) is 0 Å². The van der Waals surface area contributed by atoms with Crippen LogP contribution >= 0.6 is 11.6 Å². The van der Waals surface area contributed by atoms with Gasteiger partial charge in [0.2, 0.25) is 0 Å². The number of hydrogen-bond acceptors (Lipinski definition) is 1. The molecule has 0 bridgehead atoms. The van der Waals surface area contributed by atoms with E-state index in [1.54, 1.807) is 0 Å². The first-order valence-electron chi connectivity index (χ1n) is 9.43. The Morgan fingerprint density at radius 2 is 1.48 bits per heavy atom. The van der Waals surface area contributed by atoms with E-state index in [0.29, 0.717) is 0 Å². The summed E-state index contributed by atoms with van der Waals surface area (Å²) in [7, 11) is 0. The second-order valence-corrected chi connectivity index (χ2v) is 7.07. The van der Waals surface area contributed by atoms with E-state index in [2.05, 4.69) is 16.9 Å². The molecule has 0 aliphatic carbocycles. The Labute approximate surface area is 146 Å². The van der Waals surface area contributed by atoms with Crippen molar-refractivity contribution in [3.05, 3.63) is 29.0 Å². The third-order valence-corrected chi connectivity index (χ3v) is 4.75. The summed E-state index contributed by atoms with van der Waals surface area (Å²) in [5, 5.41) is 0.766. The lowest BCUT2D eigenvalue weighted by atomic mass is 10.1. The molecule has 128 valence electrons. The molecule has 0 aliphatic rings. The van der Waals surface area contributed by atoms with Gasteiger partial charge in [-0.3, -0.25) is 0 Å². The lowest BCUT2D eigenvalue weighted by Crippen LogP contribution is -1.88. The van der Waals surface area contributed by atoms with Crippen molar-refractivity contribution in [2.75, 3.05) is 0 Å². The number of aryl methyl sites for hydroxylation is 1. The van der Waals surface area contributed by atoms with Gasteiger partial charge in [0.05, 0.1) is 11.0 Å². The van der Waals surface area contributed by atoms with Gasteiger partial charge in [0, 0.05) is 11.4 Å². The minimum Gasteiger partial charge on any atom is -0.342 e. The maximum absolute atomic E-state index is 6.00. The lowest BCUT2D eigenvalue weighted by molar-refractivity contribution is 0.548. The van der Waals surface area contributed by atoms with Crippen LogP contribution in [0, 0.1) is 0 Å². The third-order valence-electron chi connectivity index (χ3n) is 4.51. The summed E-state index contributed by atoms with van der Waals surface area (Å²) in [6.07, 6.45) is 16.2. The van der Waals surface area contributed by atoms with Gasteiger partial charge in [-0.15, -0.1) is 0 Å². The van der Waals surface area contributed by atoms with E-state index in [4.69, 9.17) is 11.6 Å². The van der Waals surface area contributed by atoms with Crippen LogP contribution in [-0.2, 0) is 6.42 Å². The van der Waals surface area contributed by atoms with Gasteiger partial charge in [-0.2, -0.15) is 0 Å². The summed E-state index contributed by atoms with van der Waals surface area (Å²) in [6.45, 7) is 2.28. The largest absolute Gasteiger partial charge is 0.342 e. The molecule has 1 aromatic heterocycles. The monoisotopic (exact) mass is 334 g/mol. The van der Waals surface area contributed by atoms with Crippen LogP contribution in [0.3, 0.4) is 0 Å². The molecule has 0 aliphatic heterocycles. The molecular formula is C20H31ClN2. The van der Waals surface area contributed by atoms with Crippen LogP contribution in [-0.4, -0.2) is 9.97 Å². The van der Waals surface area contributed by atoms with Crippen molar-refractivity contribution in [2.45, 2.75) is 84.0 Å². The summed E-state index contributed by atoms with van der Waals surface area (Å²) in [5.74, 6) is 1.10. The van der Waals surface area contributed by atoms with E-state index in [1.807, 2.05) is 18.2 Å². The van der Waals surface area contributed by atoms with Crippen molar-refractivity contribution in [2.24, 2.45) is 0 Å². The van der Waals surface area contributed by atoms with E-state index < -0.39 is 0 Å². The molecule has 2 rings (SSSR count). The van der Waals surface area contributed by atoms with Gasteiger partial charge in [-0.05, 0) is 24.6 Å². The summed E-state index contributed by atoms with van der Waals surface area (Å²) in [6, 6.07) is 5.84. The fourth-order valence-corrected chi connectivity index (χ4v) is 3.28. The maximum atomic E-state index is 6.00. The molecule has 1 N–H and O–H groups in total. The Hall–Kier alpha value is -1.02. The van der Waals surface area contributed by atoms with Crippen molar-refractivity contribution < 1.29 is 0 Å². The SMILES string of the molecule is CCCCCCCCCCCCCc1nc2ccc(Cl)cc2[nH]1. The van der Waals surface area contributed by atoms with Gasteiger partial charge >= 0.3 is 0 Å². The molecule has 0 saturated carbocycles. The van der Waals surface area contributed by atoms with E-state index in [-0.39, 0.29) is 0 Å². The van der Waals surface area contributed by atoms with Gasteiger partial charge in [0.1, 0.15) is 5.82 Å². The zero-order valence-electron chi connectivity index (χ0n) is 14.5. The summed E-state index contributed by atoms with van der Waals surface area (Å²) < 4.78 is 0. The number of rotatable bonds is 12. The molecule has 1 heterocycles. The molecule has 1 aromatic carbocycles. The second kappa shape index (κ2) is 10.7. The van der Waals surface area contributed by atoms with Crippen LogP contribution < -0.4 is 0 Å². The summed E-state index contributed by atoms with van der Waals surface area (Å²) >= 11 is 6.00. The Morgan fingerprint density at radius 3 is 2.13 bits per heavy atom. The van der Waals surface area contributed by atoms with Crippen LogP contribution in [0.25, 0.3) is 11.0 Å². The Kier molecular flexibility index (Phi) is 8.52. The number of benzene rings is 1. The van der Waals surface area contributed by atoms with E-state index in [0.717, 1.165) is 28.3 Å². The van der Waals surface area contributed by atoms with Crippen LogP contribution in [0.15, 0.2) is 18.2 Å². The Balaban J connectivity index is 1.50. The number of unbranched alkanes of at least 4 members (excludes halogenated alkanes) is 10. The number of nitrogens with one attached hydrogen (secondary N) is 1. The molecule has 0 spiro atoms. The van der Waals surface area contributed by atoms with Gasteiger partial charge in [0.15, 0.2) is 0 Å². The highest BCUT2D eigenvalue weighted by Gasteiger charge is 2.03. The van der Waals surface area contributed by atoms with Gasteiger partial charge in [-0.25, -0.2) is 4.98 Å². The van der Waals surface area contributed by atoms with Crippen molar-refractivity contribution in [3.8, 4) is 0 Å². The molecule has 23 heavy (non-hydrogen) atoms. The number of aromatic nitrogens is 2. The molecule has 3 heteroatoms. The highest BCUT2D eigenvalue weighted by molar-refractivity contribution is 6.31. The van der Waals surface area contributed by atoms with Gasteiger partial charge in [-0.1, -0.05) is 82.7 Å². The number of nitrogens with zero attached hydrogens (tertiary/aromatic N) is 1. The van der Waals surface area contributed by atoms with Crippen LogP contribution in [0.5, 0.6) is 0 Å². The Morgan fingerprint density at radius 1 is 0.870 bits per heavy atom. The number of imidazole rings is 1. The first kappa shape index (κ1) is 18.3. The number of aromatic amines is 1. The zero-order valence-corrected chi connectivity index (χ0v) is 15.3. The number of hydrogen-bond donors (Lipinski definition) is 1. The van der Waals surface area contributed by atoms with Gasteiger partial charge < -0.3 is 4.98 Å². The van der Waals surface area contributed by atoms with Crippen molar-refractivity contribution in [1.82, 2.24) is 9.97 Å². The normalized spacial score (nSPS) is 11.4. The molecule has 0 saturated heterocycles. The molecule has 0 unspecified atom stereocenters. The molecule has 0 atom stereocenters. The number of fused-ring (bicyclic) bond motifs is 1. The van der Waals surface area contributed by atoms with E-state index in [9.17, 15) is 0 Å². The lowest BCUT2D eigenvalue weighted by Gasteiger charge is -2.02. The van der Waals surface area contributed by atoms with Crippen molar-refractivity contribution in [1.29, 1.82) is 0 Å². The predicted octanol–water partition coefficient (Wildman–Crippen LogP) is 7.07. The topological polar surface area (TPSA) is 28.7 Å². The van der Waals surface area contributed by atoms with Crippen LogP contribution in [0.1, 0.15) is 83.4 Å². The molecule has 0 fully saturated rings. The summed E-state index contributed by atoms with van der Waals surface area (Å²) in [4.78, 5) is 8.00. The number of H-pyrrole nitrogens is 1. The average molecular weight is 335 g/mol. The molecule has 0 radical (unpaired) electrons. The molecule has 2 aromatic rings. The zero-order chi connectivity index (χ0) is 16.3. The second-order valence-electron chi connectivity index (χ2n) is 6.63. The van der Waals surface area contributed by atoms with Crippen molar-refractivity contribution in [3.63, 3.8) is 0 Å². The first-order chi connectivity index (χ1) is 11.3. The summed E-state index contributed by atoms with van der Waals surface area (Å²) in [5.41, 5.74) is 2.07. The number of halogens is 1. The highest BCUT2D eigenvalue weighted by Crippen LogP contribution is 2.18. The van der Waals surface area contributed by atoms with Crippen molar-refractivity contribution >= 4 is 22.6 Å². The van der Waals surface area contributed by atoms with Gasteiger partial charge in [0.25, 0.3) is 0 Å².